The lowest BCUT2D eigenvalue weighted by atomic mass is 9.80. The Morgan fingerprint density at radius 3 is 1.88 bits per heavy atom. The van der Waals surface area contributed by atoms with Crippen molar-refractivity contribution in [3.63, 3.8) is 0 Å². The summed E-state index contributed by atoms with van der Waals surface area (Å²) in [5.41, 5.74) is 13.9. The number of fused-ring (bicyclic) bond motifs is 7. The van der Waals surface area contributed by atoms with Gasteiger partial charge in [0.2, 0.25) is 0 Å². The second kappa shape index (κ2) is 12.4. The molecule has 0 amide bonds. The molecule has 0 bridgehead atoms. The van der Waals surface area contributed by atoms with Crippen LogP contribution in [-0.4, -0.2) is 15.0 Å². The van der Waals surface area contributed by atoms with E-state index in [4.69, 9.17) is 19.4 Å². The molecular formula is C52H35N3O. The molecule has 264 valence electrons. The Balaban J connectivity index is 1.06. The number of rotatable bonds is 5. The summed E-state index contributed by atoms with van der Waals surface area (Å²) in [6.45, 7) is 4.61. The van der Waals surface area contributed by atoms with Gasteiger partial charge in [-0.15, -0.1) is 0 Å². The average molecular weight is 718 g/mol. The average Bonchev–Trinajstić information content (AvgIpc) is 3.75. The molecule has 1 aliphatic rings. The second-order valence-electron chi connectivity index (χ2n) is 15.2. The Hall–Kier alpha value is -7.17. The van der Waals surface area contributed by atoms with Gasteiger partial charge in [-0.25, -0.2) is 15.0 Å². The standard InChI is InChI=1S/C52H35N3O/c1-52(2)44-23-9-8-19-40(44)41-21-11-22-43(48(41)52)51-54-49(53-50(55-51)38-26-25-32-13-6-7-16-34(32)29-38)37-18-10-17-35(30-37)36-27-28-42-46(31-36)56-45-24-12-20-39(47(42)45)33-14-4-3-5-15-33/h3-31H,1-2H3. The van der Waals surface area contributed by atoms with E-state index in [2.05, 4.69) is 184 Å². The van der Waals surface area contributed by atoms with Crippen LogP contribution in [0.5, 0.6) is 0 Å². The largest absolute Gasteiger partial charge is 0.456 e. The van der Waals surface area contributed by atoms with Crippen molar-refractivity contribution in [3.05, 3.63) is 187 Å². The topological polar surface area (TPSA) is 51.8 Å². The van der Waals surface area contributed by atoms with Gasteiger partial charge in [0.1, 0.15) is 11.2 Å². The van der Waals surface area contributed by atoms with Crippen LogP contribution in [0.1, 0.15) is 25.0 Å². The highest BCUT2D eigenvalue weighted by molar-refractivity contribution is 6.13. The Morgan fingerprint density at radius 2 is 1.00 bits per heavy atom. The van der Waals surface area contributed by atoms with Crippen molar-refractivity contribution in [1.29, 1.82) is 0 Å². The smallest absolute Gasteiger partial charge is 0.164 e. The summed E-state index contributed by atoms with van der Waals surface area (Å²) in [6, 6.07) is 61.9. The van der Waals surface area contributed by atoms with Crippen LogP contribution >= 0.6 is 0 Å². The van der Waals surface area contributed by atoms with E-state index >= 15 is 0 Å². The van der Waals surface area contributed by atoms with Gasteiger partial charge >= 0.3 is 0 Å². The number of nitrogens with zero attached hydrogens (tertiary/aromatic N) is 3. The van der Waals surface area contributed by atoms with Crippen LogP contribution in [-0.2, 0) is 5.41 Å². The van der Waals surface area contributed by atoms with Crippen LogP contribution in [0.25, 0.3) is 100 Å². The van der Waals surface area contributed by atoms with Crippen molar-refractivity contribution in [2.75, 3.05) is 0 Å². The van der Waals surface area contributed by atoms with Gasteiger partial charge < -0.3 is 4.42 Å². The number of hydrogen-bond acceptors (Lipinski definition) is 4. The molecule has 0 saturated carbocycles. The van der Waals surface area contributed by atoms with Crippen LogP contribution in [0.4, 0.5) is 0 Å². The first-order valence-corrected chi connectivity index (χ1v) is 19.1. The van der Waals surface area contributed by atoms with Crippen LogP contribution < -0.4 is 0 Å². The van der Waals surface area contributed by atoms with Gasteiger partial charge in [0, 0.05) is 32.9 Å². The van der Waals surface area contributed by atoms with Crippen molar-refractivity contribution in [3.8, 4) is 67.5 Å². The highest BCUT2D eigenvalue weighted by atomic mass is 16.3. The Morgan fingerprint density at radius 1 is 0.393 bits per heavy atom. The zero-order valence-corrected chi connectivity index (χ0v) is 31.0. The Labute approximate surface area is 324 Å². The number of aromatic nitrogens is 3. The number of hydrogen-bond donors (Lipinski definition) is 0. The number of benzene rings is 8. The molecule has 8 aromatic carbocycles. The highest BCUT2D eigenvalue weighted by Crippen LogP contribution is 2.52. The highest BCUT2D eigenvalue weighted by Gasteiger charge is 2.38. The van der Waals surface area contributed by atoms with Gasteiger partial charge in [-0.2, -0.15) is 0 Å². The summed E-state index contributed by atoms with van der Waals surface area (Å²) in [4.78, 5) is 15.7. The van der Waals surface area contributed by atoms with E-state index in [1.165, 1.54) is 38.8 Å². The molecule has 0 radical (unpaired) electrons. The molecule has 1 aliphatic carbocycles. The normalized spacial score (nSPS) is 13.0. The van der Waals surface area contributed by atoms with Crippen molar-refractivity contribution >= 4 is 32.7 Å². The molecule has 10 aromatic rings. The fraction of sp³-hybridized carbons (Fsp3) is 0.0577. The molecule has 4 heteroatoms. The van der Waals surface area contributed by atoms with Gasteiger partial charge in [-0.3, -0.25) is 0 Å². The van der Waals surface area contributed by atoms with E-state index in [-0.39, 0.29) is 5.41 Å². The van der Waals surface area contributed by atoms with E-state index in [0.717, 1.165) is 55.1 Å². The molecule has 0 N–H and O–H groups in total. The monoisotopic (exact) mass is 717 g/mol. The van der Waals surface area contributed by atoms with Crippen molar-refractivity contribution < 1.29 is 4.42 Å². The fourth-order valence-corrected chi connectivity index (χ4v) is 8.82. The van der Waals surface area contributed by atoms with E-state index in [1.807, 2.05) is 6.07 Å². The zero-order valence-electron chi connectivity index (χ0n) is 31.0. The van der Waals surface area contributed by atoms with E-state index in [1.54, 1.807) is 0 Å². The summed E-state index contributed by atoms with van der Waals surface area (Å²) >= 11 is 0. The molecule has 56 heavy (non-hydrogen) atoms. The van der Waals surface area contributed by atoms with Crippen LogP contribution in [0, 0.1) is 0 Å². The van der Waals surface area contributed by atoms with Gasteiger partial charge in [-0.1, -0.05) is 159 Å². The van der Waals surface area contributed by atoms with Gasteiger partial charge in [0.15, 0.2) is 17.5 Å². The van der Waals surface area contributed by atoms with E-state index in [9.17, 15) is 0 Å². The lowest BCUT2D eigenvalue weighted by Crippen LogP contribution is -2.17. The second-order valence-corrected chi connectivity index (χ2v) is 15.2. The molecule has 0 unspecified atom stereocenters. The minimum atomic E-state index is -0.227. The third kappa shape index (κ3) is 5.10. The summed E-state index contributed by atoms with van der Waals surface area (Å²) in [7, 11) is 0. The quantitative estimate of drug-likeness (QED) is 0.178. The van der Waals surface area contributed by atoms with Crippen molar-refractivity contribution in [1.82, 2.24) is 15.0 Å². The maximum absolute atomic E-state index is 6.50. The molecule has 0 fully saturated rings. The summed E-state index contributed by atoms with van der Waals surface area (Å²) < 4.78 is 6.50. The minimum Gasteiger partial charge on any atom is -0.456 e. The predicted molar refractivity (Wildman–Crippen MR) is 229 cm³/mol. The maximum atomic E-state index is 6.50. The molecule has 4 nitrogen and oxygen atoms in total. The lowest BCUT2D eigenvalue weighted by molar-refractivity contribution is 0.661. The van der Waals surface area contributed by atoms with Crippen LogP contribution in [0.15, 0.2) is 180 Å². The van der Waals surface area contributed by atoms with E-state index in [0.29, 0.717) is 17.5 Å². The fourth-order valence-electron chi connectivity index (χ4n) is 8.82. The molecule has 2 aromatic heterocycles. The van der Waals surface area contributed by atoms with Crippen molar-refractivity contribution in [2.24, 2.45) is 0 Å². The molecule has 0 atom stereocenters. The molecule has 0 saturated heterocycles. The SMILES string of the molecule is CC1(C)c2ccccc2-c2cccc(-c3nc(-c4cccc(-c5ccc6c(c5)oc5cccc(-c7ccccc7)c56)c4)nc(-c4ccc5ccccc5c4)n3)c21. The van der Waals surface area contributed by atoms with Gasteiger partial charge in [-0.05, 0) is 85.6 Å². The molecule has 2 heterocycles. The Bertz CT molecular complexity index is 3180. The van der Waals surface area contributed by atoms with Crippen LogP contribution in [0.2, 0.25) is 0 Å². The first-order chi connectivity index (χ1) is 27.5. The summed E-state index contributed by atoms with van der Waals surface area (Å²) in [6.07, 6.45) is 0. The molecule has 0 aliphatic heterocycles. The Kier molecular flexibility index (Phi) is 7.17. The third-order valence-corrected chi connectivity index (χ3v) is 11.5. The summed E-state index contributed by atoms with van der Waals surface area (Å²) in [5.74, 6) is 1.94. The predicted octanol–water partition coefficient (Wildman–Crippen LogP) is 13.6. The lowest BCUT2D eigenvalue weighted by Gasteiger charge is -2.24. The minimum absolute atomic E-state index is 0.227. The zero-order chi connectivity index (χ0) is 37.4. The first kappa shape index (κ1) is 32.3. The summed E-state index contributed by atoms with van der Waals surface area (Å²) in [5, 5.41) is 4.55. The van der Waals surface area contributed by atoms with Crippen LogP contribution in [0.3, 0.4) is 0 Å². The van der Waals surface area contributed by atoms with Gasteiger partial charge in [0.25, 0.3) is 0 Å². The maximum Gasteiger partial charge on any atom is 0.164 e. The third-order valence-electron chi connectivity index (χ3n) is 11.5. The first-order valence-electron chi connectivity index (χ1n) is 19.1. The van der Waals surface area contributed by atoms with E-state index < -0.39 is 0 Å². The molecular weight excluding hydrogens is 683 g/mol. The van der Waals surface area contributed by atoms with Crippen molar-refractivity contribution in [2.45, 2.75) is 19.3 Å². The molecule has 11 rings (SSSR count). The van der Waals surface area contributed by atoms with Gasteiger partial charge in [0.05, 0.1) is 0 Å². The molecule has 0 spiro atoms. The number of furan rings is 1.